The molecule has 0 bridgehead atoms. The number of rotatable bonds is 3. The Morgan fingerprint density at radius 1 is 1.23 bits per heavy atom. The van der Waals surface area contributed by atoms with Crippen LogP contribution in [0.25, 0.3) is 17.7 Å². The van der Waals surface area contributed by atoms with Gasteiger partial charge in [0.2, 0.25) is 0 Å². The van der Waals surface area contributed by atoms with Crippen molar-refractivity contribution in [1.82, 2.24) is 0 Å². The fraction of sp³-hybridized carbons (Fsp3) is 0.0769. The molecular weight excluding hydrogens is 156 g/mol. The van der Waals surface area contributed by atoms with Gasteiger partial charge < -0.3 is 0 Å². The van der Waals surface area contributed by atoms with Crippen LogP contribution in [-0.2, 0) is 0 Å². The average Bonchev–Trinajstić information content (AvgIpc) is 2.16. The first-order chi connectivity index (χ1) is 6.19. The van der Waals surface area contributed by atoms with Gasteiger partial charge in [0.1, 0.15) is 0 Å². The molecule has 0 atom stereocenters. The van der Waals surface area contributed by atoms with Gasteiger partial charge in [0.25, 0.3) is 0 Å². The molecule has 1 aromatic rings. The van der Waals surface area contributed by atoms with Gasteiger partial charge in [-0.1, -0.05) is 49.6 Å². The van der Waals surface area contributed by atoms with Crippen molar-refractivity contribution in [2.45, 2.75) is 6.92 Å². The Hall–Kier alpha value is -1.56. The van der Waals surface area contributed by atoms with E-state index in [2.05, 4.69) is 31.9 Å². The molecule has 0 aliphatic heterocycles. The third-order valence-electron chi connectivity index (χ3n) is 1.99. The van der Waals surface area contributed by atoms with E-state index in [0.29, 0.717) is 0 Å². The molecular formula is C13H14. The summed E-state index contributed by atoms with van der Waals surface area (Å²) in [5, 5.41) is 0. The number of hydrogen-bond donors (Lipinski definition) is 0. The maximum atomic E-state index is 3.92. The molecule has 0 amide bonds. The molecule has 0 saturated heterocycles. The van der Waals surface area contributed by atoms with E-state index >= 15 is 0 Å². The zero-order valence-electron chi connectivity index (χ0n) is 8.01. The highest BCUT2D eigenvalue weighted by Gasteiger charge is 1.99. The molecule has 0 N–H and O–H groups in total. The first-order valence-corrected chi connectivity index (χ1v) is 4.24. The highest BCUT2D eigenvalue weighted by Crippen LogP contribution is 2.20. The van der Waals surface area contributed by atoms with Gasteiger partial charge in [0.15, 0.2) is 0 Å². The fourth-order valence-electron chi connectivity index (χ4n) is 1.27. The van der Waals surface area contributed by atoms with E-state index in [-0.39, 0.29) is 0 Å². The zero-order chi connectivity index (χ0) is 9.84. The van der Waals surface area contributed by atoms with Crippen LogP contribution in [0.2, 0.25) is 0 Å². The Labute approximate surface area is 79.9 Å². The van der Waals surface area contributed by atoms with Crippen LogP contribution in [0, 0.1) is 0 Å². The molecule has 1 aromatic carbocycles. The summed E-state index contributed by atoms with van der Waals surface area (Å²) < 4.78 is 0. The third-order valence-corrected chi connectivity index (χ3v) is 1.99. The number of benzene rings is 1. The molecule has 1 rings (SSSR count). The summed E-state index contributed by atoms with van der Waals surface area (Å²) >= 11 is 0. The van der Waals surface area contributed by atoms with Crippen molar-refractivity contribution < 1.29 is 0 Å². The molecule has 0 radical (unpaired) electrons. The third kappa shape index (κ3) is 1.97. The van der Waals surface area contributed by atoms with Crippen molar-refractivity contribution in [1.29, 1.82) is 0 Å². The average molecular weight is 170 g/mol. The smallest absolute Gasteiger partial charge is 0.0160 e. The van der Waals surface area contributed by atoms with E-state index in [0.717, 1.165) is 22.3 Å². The molecule has 0 heterocycles. The van der Waals surface area contributed by atoms with Gasteiger partial charge in [-0.3, -0.25) is 0 Å². The van der Waals surface area contributed by atoms with Crippen LogP contribution in [0.5, 0.6) is 0 Å². The molecule has 0 aliphatic carbocycles. The van der Waals surface area contributed by atoms with Gasteiger partial charge in [0.05, 0.1) is 0 Å². The molecule has 0 heteroatoms. The molecule has 13 heavy (non-hydrogen) atoms. The van der Waals surface area contributed by atoms with Crippen LogP contribution in [0.1, 0.15) is 23.6 Å². The Balaban J connectivity index is 3.31. The maximum absolute atomic E-state index is 3.92. The lowest BCUT2D eigenvalue weighted by Gasteiger charge is -2.06. The Morgan fingerprint density at radius 2 is 1.92 bits per heavy atom. The van der Waals surface area contributed by atoms with Crippen LogP contribution in [-0.4, -0.2) is 0 Å². The zero-order valence-corrected chi connectivity index (χ0v) is 8.01. The lowest BCUT2D eigenvalue weighted by molar-refractivity contribution is 1.53. The van der Waals surface area contributed by atoms with Gasteiger partial charge in [-0.05, 0) is 29.7 Å². The highest BCUT2D eigenvalue weighted by atomic mass is 14.0. The summed E-state index contributed by atoms with van der Waals surface area (Å²) in [6.07, 6.45) is 3.67. The van der Waals surface area contributed by atoms with Gasteiger partial charge in [-0.2, -0.15) is 0 Å². The van der Waals surface area contributed by atoms with Crippen LogP contribution < -0.4 is 0 Å². The van der Waals surface area contributed by atoms with Gasteiger partial charge >= 0.3 is 0 Å². The molecule has 0 saturated carbocycles. The summed E-state index contributed by atoms with van der Waals surface area (Å²) in [6.45, 7) is 13.4. The maximum Gasteiger partial charge on any atom is -0.0160 e. The standard InChI is InChI=1S/C13H14/c1-5-11-7-8-13(10(3)4)12(6-2)9-11/h5-9H,1-3H2,4H3. The second kappa shape index (κ2) is 3.90. The first-order valence-electron chi connectivity index (χ1n) is 4.24. The summed E-state index contributed by atoms with van der Waals surface area (Å²) in [5.74, 6) is 0. The topological polar surface area (TPSA) is 0 Å². The van der Waals surface area contributed by atoms with Crippen molar-refractivity contribution in [3.63, 3.8) is 0 Å². The minimum atomic E-state index is 1.06. The molecule has 0 aromatic heterocycles. The summed E-state index contributed by atoms with van der Waals surface area (Å²) in [4.78, 5) is 0. The highest BCUT2D eigenvalue weighted by molar-refractivity contribution is 5.73. The molecule has 0 spiro atoms. The second-order valence-electron chi connectivity index (χ2n) is 3.04. The van der Waals surface area contributed by atoms with Gasteiger partial charge in [0, 0.05) is 0 Å². The van der Waals surface area contributed by atoms with Crippen molar-refractivity contribution in [2.75, 3.05) is 0 Å². The van der Waals surface area contributed by atoms with E-state index in [4.69, 9.17) is 0 Å². The van der Waals surface area contributed by atoms with Crippen LogP contribution in [0.15, 0.2) is 37.9 Å². The minimum absolute atomic E-state index is 1.06. The predicted molar refractivity (Wildman–Crippen MR) is 61.3 cm³/mol. The van der Waals surface area contributed by atoms with E-state index in [1.54, 1.807) is 0 Å². The van der Waals surface area contributed by atoms with Crippen molar-refractivity contribution in [2.24, 2.45) is 0 Å². The Bertz CT molecular complexity index is 356. The second-order valence-corrected chi connectivity index (χ2v) is 3.04. The van der Waals surface area contributed by atoms with E-state index in [9.17, 15) is 0 Å². The van der Waals surface area contributed by atoms with Gasteiger partial charge in [-0.15, -0.1) is 0 Å². The van der Waals surface area contributed by atoms with E-state index in [1.807, 2.05) is 25.1 Å². The minimum Gasteiger partial charge on any atom is -0.0985 e. The lowest BCUT2D eigenvalue weighted by Crippen LogP contribution is -1.85. The summed E-state index contributed by atoms with van der Waals surface area (Å²) in [6, 6.07) is 6.14. The van der Waals surface area contributed by atoms with E-state index < -0.39 is 0 Å². The monoisotopic (exact) mass is 170 g/mol. The van der Waals surface area contributed by atoms with Crippen molar-refractivity contribution >= 4 is 17.7 Å². The largest absolute Gasteiger partial charge is 0.0985 e. The van der Waals surface area contributed by atoms with Crippen molar-refractivity contribution in [3.8, 4) is 0 Å². The molecule has 0 unspecified atom stereocenters. The molecule has 0 fully saturated rings. The Morgan fingerprint density at radius 3 is 2.38 bits per heavy atom. The van der Waals surface area contributed by atoms with Crippen LogP contribution in [0.3, 0.4) is 0 Å². The summed E-state index contributed by atoms with van der Waals surface area (Å²) in [5.41, 5.74) is 4.44. The fourth-order valence-corrected chi connectivity index (χ4v) is 1.27. The number of allylic oxidation sites excluding steroid dienone is 1. The lowest BCUT2D eigenvalue weighted by atomic mass is 9.99. The van der Waals surface area contributed by atoms with Crippen molar-refractivity contribution in [3.05, 3.63) is 54.6 Å². The van der Waals surface area contributed by atoms with Crippen LogP contribution >= 0.6 is 0 Å². The molecule has 0 nitrogen and oxygen atoms in total. The normalized spacial score (nSPS) is 9.31. The SMILES string of the molecule is C=Cc1ccc(C(=C)C)c(C=C)c1. The van der Waals surface area contributed by atoms with Gasteiger partial charge in [-0.25, -0.2) is 0 Å². The molecule has 0 aliphatic rings. The Kier molecular flexibility index (Phi) is 2.86. The quantitative estimate of drug-likeness (QED) is 0.643. The summed E-state index contributed by atoms with van der Waals surface area (Å²) in [7, 11) is 0. The number of hydrogen-bond acceptors (Lipinski definition) is 0. The van der Waals surface area contributed by atoms with Crippen LogP contribution in [0.4, 0.5) is 0 Å². The van der Waals surface area contributed by atoms with E-state index in [1.165, 1.54) is 0 Å². The molecule has 66 valence electrons. The predicted octanol–water partition coefficient (Wildman–Crippen LogP) is 4.01. The first kappa shape index (κ1) is 9.53.